The van der Waals surface area contributed by atoms with Gasteiger partial charge < -0.3 is 19.4 Å². The molecule has 1 N–H and O–H groups in total. The Kier molecular flexibility index (Phi) is 6.95. The Bertz CT molecular complexity index is 1330. The molecular weight excluding hydrogens is 496 g/mol. The Labute approximate surface area is 220 Å². The molecule has 2 aliphatic rings. The minimum atomic E-state index is -0.857. The van der Waals surface area contributed by atoms with Crippen molar-refractivity contribution < 1.29 is 23.0 Å². The third-order valence-corrected chi connectivity index (χ3v) is 6.93. The molecule has 0 spiro atoms. The van der Waals surface area contributed by atoms with Crippen LogP contribution in [0.4, 0.5) is 13.6 Å². The fourth-order valence-corrected chi connectivity index (χ4v) is 5.25. The number of hydrogen-bond acceptors (Lipinski definition) is 7. The third kappa shape index (κ3) is 5.14. The van der Waals surface area contributed by atoms with Crippen LogP contribution < -0.4 is 5.32 Å². The highest BCUT2D eigenvalue weighted by atomic mass is 19.1. The van der Waals surface area contributed by atoms with Crippen molar-refractivity contribution in [1.29, 1.82) is 0 Å². The minimum Gasteiger partial charge on any atom is -0.444 e. The number of carbonyl (C=O) groups is 1. The average Bonchev–Trinajstić information content (AvgIpc) is 3.53. The summed E-state index contributed by atoms with van der Waals surface area (Å²) in [6.07, 6.45) is 0.485. The lowest BCUT2D eigenvalue weighted by molar-refractivity contribution is -0.0630. The highest BCUT2D eigenvalue weighted by Gasteiger charge is 2.40. The smallest absolute Gasteiger partial charge is 0.407 e. The van der Waals surface area contributed by atoms with Gasteiger partial charge in [-0.1, -0.05) is 0 Å². The van der Waals surface area contributed by atoms with E-state index in [9.17, 15) is 13.6 Å². The summed E-state index contributed by atoms with van der Waals surface area (Å²) in [6, 6.07) is 2.55. The number of benzene rings is 1. The number of aryl methyl sites for hydroxylation is 1. The van der Waals surface area contributed by atoms with Crippen LogP contribution in [0.1, 0.15) is 57.2 Å². The molecule has 1 aromatic carbocycles. The number of carbonyl (C=O) groups excluding carboxylic acids is 1. The average molecular weight is 530 g/mol. The Hall–Kier alpha value is -3.38. The van der Waals surface area contributed by atoms with Gasteiger partial charge in [-0.2, -0.15) is 5.10 Å². The van der Waals surface area contributed by atoms with Crippen LogP contribution in [0.5, 0.6) is 0 Å². The van der Waals surface area contributed by atoms with Gasteiger partial charge in [0.15, 0.2) is 11.6 Å². The Balaban J connectivity index is 1.37. The molecule has 38 heavy (non-hydrogen) atoms. The van der Waals surface area contributed by atoms with Crippen LogP contribution in [0.2, 0.25) is 0 Å². The van der Waals surface area contributed by atoms with E-state index in [1.807, 2.05) is 7.05 Å². The number of amides is 1. The molecule has 3 aromatic rings. The molecule has 0 radical (unpaired) electrons. The number of aromatic nitrogens is 5. The van der Waals surface area contributed by atoms with Crippen molar-refractivity contribution >= 4 is 6.09 Å². The van der Waals surface area contributed by atoms with E-state index >= 15 is 0 Å². The standard InChI is InChI=1S/C26H33F2N7O3/c1-6-35-21-12-34(11-20(21)31-24(35)23-29-14-30-33(23)5)16-10-19(32-25(36)38-26(2,3)4)22(37-13-16)17-9-15(27)7-8-18(17)28/h7-9,14,16,19,22H,6,10-13H2,1-5H3,(H,32,36)/t16-,19+,22-/m1/s1. The molecule has 1 saturated heterocycles. The Morgan fingerprint density at radius 3 is 2.71 bits per heavy atom. The number of alkyl carbamates (subject to hydrolysis) is 1. The number of rotatable bonds is 5. The molecule has 0 saturated carbocycles. The second kappa shape index (κ2) is 10.1. The maximum absolute atomic E-state index is 14.7. The third-order valence-electron chi connectivity index (χ3n) is 6.93. The summed E-state index contributed by atoms with van der Waals surface area (Å²) < 4.78 is 44.2. The molecule has 5 rings (SSSR count). The number of fused-ring (bicyclic) bond motifs is 1. The first-order valence-corrected chi connectivity index (χ1v) is 12.8. The Morgan fingerprint density at radius 1 is 1.24 bits per heavy atom. The normalized spacial score (nSPS) is 21.9. The summed E-state index contributed by atoms with van der Waals surface area (Å²) in [7, 11) is 1.84. The second-order valence-electron chi connectivity index (χ2n) is 10.7. The topological polar surface area (TPSA) is 99.3 Å². The van der Waals surface area contributed by atoms with Gasteiger partial charge in [-0.05, 0) is 52.3 Å². The summed E-state index contributed by atoms with van der Waals surface area (Å²) in [5.74, 6) is 0.329. The van der Waals surface area contributed by atoms with Crippen molar-refractivity contribution in [3.63, 3.8) is 0 Å². The maximum Gasteiger partial charge on any atom is 0.407 e. The summed E-state index contributed by atoms with van der Waals surface area (Å²) in [4.78, 5) is 24.2. The van der Waals surface area contributed by atoms with Gasteiger partial charge in [0.25, 0.3) is 0 Å². The van der Waals surface area contributed by atoms with Crippen LogP contribution in [-0.4, -0.2) is 59.6 Å². The monoisotopic (exact) mass is 529 g/mol. The summed E-state index contributed by atoms with van der Waals surface area (Å²) in [5.41, 5.74) is 1.42. The molecule has 0 aliphatic carbocycles. The minimum absolute atomic E-state index is 0.0710. The molecule has 2 aromatic heterocycles. The van der Waals surface area contributed by atoms with Gasteiger partial charge in [0.2, 0.25) is 0 Å². The summed E-state index contributed by atoms with van der Waals surface area (Å²) in [6.45, 7) is 9.62. The van der Waals surface area contributed by atoms with Crippen LogP contribution in [0.3, 0.4) is 0 Å². The summed E-state index contributed by atoms with van der Waals surface area (Å²) in [5, 5.41) is 7.02. The summed E-state index contributed by atoms with van der Waals surface area (Å²) >= 11 is 0. The van der Waals surface area contributed by atoms with Gasteiger partial charge in [0.05, 0.1) is 24.0 Å². The number of nitrogens with one attached hydrogen (secondary N) is 1. The van der Waals surface area contributed by atoms with E-state index in [1.54, 1.807) is 25.5 Å². The van der Waals surface area contributed by atoms with Crippen LogP contribution >= 0.6 is 0 Å². The second-order valence-corrected chi connectivity index (χ2v) is 10.7. The van der Waals surface area contributed by atoms with Crippen molar-refractivity contribution in [2.24, 2.45) is 7.05 Å². The van der Waals surface area contributed by atoms with E-state index < -0.39 is 35.5 Å². The first kappa shape index (κ1) is 26.2. The molecule has 4 heterocycles. The highest BCUT2D eigenvalue weighted by molar-refractivity contribution is 5.68. The van der Waals surface area contributed by atoms with Crippen molar-refractivity contribution in [3.05, 3.63) is 53.1 Å². The van der Waals surface area contributed by atoms with Gasteiger partial charge in [0, 0.05) is 38.3 Å². The molecule has 0 bridgehead atoms. The number of halogens is 2. The maximum atomic E-state index is 14.7. The van der Waals surface area contributed by atoms with Crippen LogP contribution in [-0.2, 0) is 36.2 Å². The first-order valence-electron chi connectivity index (χ1n) is 12.8. The quantitative estimate of drug-likeness (QED) is 0.538. The number of ether oxygens (including phenoxy) is 2. The molecule has 1 fully saturated rings. The van der Waals surface area contributed by atoms with Crippen LogP contribution in [0.15, 0.2) is 24.5 Å². The highest BCUT2D eigenvalue weighted by Crippen LogP contribution is 2.36. The van der Waals surface area contributed by atoms with Crippen molar-refractivity contribution in [2.45, 2.75) is 77.5 Å². The zero-order chi connectivity index (χ0) is 27.2. The fraction of sp³-hybridized carbons (Fsp3) is 0.538. The molecular formula is C26H33F2N7O3. The van der Waals surface area contributed by atoms with E-state index in [1.165, 1.54) is 6.33 Å². The van der Waals surface area contributed by atoms with E-state index in [-0.39, 0.29) is 11.6 Å². The SMILES string of the molecule is CCn1c(-c2ncnn2C)nc2c1CN([C@H]1CO[C@H](c3cc(F)ccc3F)[C@@H](NC(=O)OC(C)(C)C)C1)C2. The molecule has 2 aliphatic heterocycles. The lowest BCUT2D eigenvalue weighted by Gasteiger charge is -2.40. The Morgan fingerprint density at radius 2 is 2.03 bits per heavy atom. The van der Waals surface area contributed by atoms with Gasteiger partial charge >= 0.3 is 6.09 Å². The van der Waals surface area contributed by atoms with Crippen LogP contribution in [0.25, 0.3) is 11.6 Å². The zero-order valence-corrected chi connectivity index (χ0v) is 22.2. The number of imidazole rings is 1. The fourth-order valence-electron chi connectivity index (χ4n) is 5.25. The van der Waals surface area contributed by atoms with Crippen molar-refractivity contribution in [3.8, 4) is 11.6 Å². The van der Waals surface area contributed by atoms with E-state index in [0.29, 0.717) is 31.9 Å². The first-order chi connectivity index (χ1) is 18.0. The predicted molar refractivity (Wildman–Crippen MR) is 134 cm³/mol. The van der Waals surface area contributed by atoms with Gasteiger partial charge in [-0.3, -0.25) is 4.90 Å². The van der Waals surface area contributed by atoms with Gasteiger partial charge in [-0.25, -0.2) is 28.2 Å². The zero-order valence-electron chi connectivity index (χ0n) is 22.2. The lowest BCUT2D eigenvalue weighted by atomic mass is 9.92. The lowest BCUT2D eigenvalue weighted by Crippen LogP contribution is -2.52. The molecule has 12 heteroatoms. The van der Waals surface area contributed by atoms with Crippen molar-refractivity contribution in [2.75, 3.05) is 6.61 Å². The molecule has 204 valence electrons. The molecule has 10 nitrogen and oxygen atoms in total. The van der Waals surface area contributed by atoms with Crippen LogP contribution in [0, 0.1) is 11.6 Å². The van der Waals surface area contributed by atoms with E-state index in [4.69, 9.17) is 14.5 Å². The van der Waals surface area contributed by atoms with E-state index in [0.717, 1.165) is 42.0 Å². The molecule has 0 unspecified atom stereocenters. The van der Waals surface area contributed by atoms with Gasteiger partial charge in [-0.15, -0.1) is 0 Å². The molecule has 3 atom stereocenters. The number of nitrogens with zero attached hydrogens (tertiary/aromatic N) is 6. The largest absolute Gasteiger partial charge is 0.444 e. The van der Waals surface area contributed by atoms with Crippen molar-refractivity contribution in [1.82, 2.24) is 34.5 Å². The van der Waals surface area contributed by atoms with E-state index in [2.05, 4.69) is 31.8 Å². The van der Waals surface area contributed by atoms with Gasteiger partial charge in [0.1, 0.15) is 29.7 Å². The molecule has 1 amide bonds. The number of hydrogen-bond donors (Lipinski definition) is 1. The predicted octanol–water partition coefficient (Wildman–Crippen LogP) is 3.72.